The second-order valence-corrected chi connectivity index (χ2v) is 4.72. The molecular formula is C13H18BrNO2. The number of halogens is 1. The van der Waals surface area contributed by atoms with Gasteiger partial charge in [-0.2, -0.15) is 0 Å². The summed E-state index contributed by atoms with van der Waals surface area (Å²) in [4.78, 5) is 10.8. The Morgan fingerprint density at radius 3 is 2.65 bits per heavy atom. The highest BCUT2D eigenvalue weighted by atomic mass is 79.9. The lowest BCUT2D eigenvalue weighted by molar-refractivity contribution is -0.140. The summed E-state index contributed by atoms with van der Waals surface area (Å²) in [6, 6.07) is 8.32. The Morgan fingerprint density at radius 1 is 1.29 bits per heavy atom. The van der Waals surface area contributed by atoms with Crippen molar-refractivity contribution in [3.8, 4) is 0 Å². The molecule has 0 aliphatic rings. The van der Waals surface area contributed by atoms with Crippen LogP contribution in [0.25, 0.3) is 0 Å². The van der Waals surface area contributed by atoms with Crippen LogP contribution in [0.5, 0.6) is 0 Å². The van der Waals surface area contributed by atoms with Gasteiger partial charge in [-0.25, -0.2) is 0 Å². The standard InChI is InChI=1S/C13H18BrNO2/c1-17-13(16)3-2-9-15-10-8-11-4-6-12(14)7-5-11/h4-7,15H,2-3,8-10H2,1H3. The molecule has 0 bridgehead atoms. The average molecular weight is 300 g/mol. The second kappa shape index (κ2) is 8.25. The van der Waals surface area contributed by atoms with E-state index in [4.69, 9.17) is 0 Å². The molecule has 0 unspecified atom stereocenters. The van der Waals surface area contributed by atoms with E-state index in [9.17, 15) is 4.79 Å². The minimum absolute atomic E-state index is 0.139. The molecule has 0 spiro atoms. The van der Waals surface area contributed by atoms with Crippen molar-refractivity contribution in [1.29, 1.82) is 0 Å². The zero-order valence-corrected chi connectivity index (χ0v) is 11.6. The highest BCUT2D eigenvalue weighted by molar-refractivity contribution is 9.10. The first-order valence-electron chi connectivity index (χ1n) is 5.74. The molecule has 1 N–H and O–H groups in total. The third-order valence-electron chi connectivity index (χ3n) is 2.47. The summed E-state index contributed by atoms with van der Waals surface area (Å²) in [5.74, 6) is -0.139. The Labute approximate surface area is 111 Å². The first-order valence-corrected chi connectivity index (χ1v) is 6.53. The van der Waals surface area contributed by atoms with Crippen LogP contribution in [0.15, 0.2) is 28.7 Å². The lowest BCUT2D eigenvalue weighted by atomic mass is 10.1. The van der Waals surface area contributed by atoms with E-state index in [1.54, 1.807) is 0 Å². The van der Waals surface area contributed by atoms with E-state index in [2.05, 4.69) is 38.1 Å². The van der Waals surface area contributed by atoms with Gasteiger partial charge in [0.15, 0.2) is 0 Å². The van der Waals surface area contributed by atoms with Crippen molar-refractivity contribution in [2.24, 2.45) is 0 Å². The van der Waals surface area contributed by atoms with Gasteiger partial charge in [0.2, 0.25) is 0 Å². The Hall–Kier alpha value is -0.870. The fraction of sp³-hybridized carbons (Fsp3) is 0.462. The fourth-order valence-corrected chi connectivity index (χ4v) is 1.73. The molecule has 17 heavy (non-hydrogen) atoms. The van der Waals surface area contributed by atoms with Crippen molar-refractivity contribution < 1.29 is 9.53 Å². The van der Waals surface area contributed by atoms with Crippen molar-refractivity contribution in [1.82, 2.24) is 5.32 Å². The van der Waals surface area contributed by atoms with Crippen LogP contribution in [-0.4, -0.2) is 26.2 Å². The van der Waals surface area contributed by atoms with Crippen LogP contribution in [0, 0.1) is 0 Å². The molecule has 0 aliphatic heterocycles. The SMILES string of the molecule is COC(=O)CCCNCCc1ccc(Br)cc1. The summed E-state index contributed by atoms with van der Waals surface area (Å²) < 4.78 is 5.67. The van der Waals surface area contributed by atoms with Crippen LogP contribution < -0.4 is 5.32 Å². The molecule has 1 aromatic rings. The number of ether oxygens (including phenoxy) is 1. The third kappa shape index (κ3) is 6.44. The van der Waals surface area contributed by atoms with Crippen molar-refractivity contribution in [3.05, 3.63) is 34.3 Å². The number of methoxy groups -OCH3 is 1. The van der Waals surface area contributed by atoms with Crippen molar-refractivity contribution in [2.45, 2.75) is 19.3 Å². The Bertz CT molecular complexity index is 338. The zero-order chi connectivity index (χ0) is 12.5. The van der Waals surface area contributed by atoms with Gasteiger partial charge in [0, 0.05) is 10.9 Å². The lowest BCUT2D eigenvalue weighted by Crippen LogP contribution is -2.19. The molecule has 0 fully saturated rings. The van der Waals surface area contributed by atoms with Crippen molar-refractivity contribution in [2.75, 3.05) is 20.2 Å². The number of benzene rings is 1. The summed E-state index contributed by atoms with van der Waals surface area (Å²) in [5.41, 5.74) is 1.31. The lowest BCUT2D eigenvalue weighted by Gasteiger charge is -2.04. The minimum Gasteiger partial charge on any atom is -0.469 e. The first-order chi connectivity index (χ1) is 8.22. The molecule has 0 radical (unpaired) electrons. The van der Waals surface area contributed by atoms with E-state index < -0.39 is 0 Å². The van der Waals surface area contributed by atoms with Gasteiger partial charge in [-0.05, 0) is 43.6 Å². The van der Waals surface area contributed by atoms with Crippen molar-refractivity contribution in [3.63, 3.8) is 0 Å². The van der Waals surface area contributed by atoms with E-state index in [0.29, 0.717) is 6.42 Å². The van der Waals surface area contributed by atoms with Crippen LogP contribution in [0.3, 0.4) is 0 Å². The quantitative estimate of drug-likeness (QED) is 0.621. The molecule has 0 heterocycles. The molecule has 1 aromatic carbocycles. The van der Waals surface area contributed by atoms with Gasteiger partial charge in [-0.3, -0.25) is 4.79 Å². The first kappa shape index (κ1) is 14.2. The van der Waals surface area contributed by atoms with Crippen LogP contribution in [0.1, 0.15) is 18.4 Å². The molecule has 3 nitrogen and oxygen atoms in total. The van der Waals surface area contributed by atoms with E-state index in [-0.39, 0.29) is 5.97 Å². The van der Waals surface area contributed by atoms with Gasteiger partial charge in [0.25, 0.3) is 0 Å². The Morgan fingerprint density at radius 2 is 2.00 bits per heavy atom. The number of hydrogen-bond acceptors (Lipinski definition) is 3. The van der Waals surface area contributed by atoms with E-state index in [1.165, 1.54) is 12.7 Å². The number of carbonyl (C=O) groups excluding carboxylic acids is 1. The molecule has 1 rings (SSSR count). The Balaban J connectivity index is 2.04. The number of esters is 1. The number of rotatable bonds is 7. The molecule has 0 saturated heterocycles. The smallest absolute Gasteiger partial charge is 0.305 e. The van der Waals surface area contributed by atoms with Gasteiger partial charge < -0.3 is 10.1 Å². The topological polar surface area (TPSA) is 38.3 Å². The predicted octanol–water partition coefficient (Wildman–Crippen LogP) is 2.53. The summed E-state index contributed by atoms with van der Waals surface area (Å²) in [5, 5.41) is 3.31. The fourth-order valence-electron chi connectivity index (χ4n) is 1.47. The highest BCUT2D eigenvalue weighted by Crippen LogP contribution is 2.10. The van der Waals surface area contributed by atoms with Crippen LogP contribution in [-0.2, 0) is 16.0 Å². The minimum atomic E-state index is -0.139. The number of hydrogen-bond donors (Lipinski definition) is 1. The predicted molar refractivity (Wildman–Crippen MR) is 72.0 cm³/mol. The van der Waals surface area contributed by atoms with Crippen LogP contribution in [0.4, 0.5) is 0 Å². The van der Waals surface area contributed by atoms with Gasteiger partial charge in [-0.1, -0.05) is 28.1 Å². The molecule has 0 atom stereocenters. The third-order valence-corrected chi connectivity index (χ3v) is 2.99. The summed E-state index contributed by atoms with van der Waals surface area (Å²) >= 11 is 3.41. The maximum Gasteiger partial charge on any atom is 0.305 e. The van der Waals surface area contributed by atoms with E-state index in [0.717, 1.165) is 30.4 Å². The van der Waals surface area contributed by atoms with E-state index >= 15 is 0 Å². The summed E-state index contributed by atoms with van der Waals surface area (Å²) in [6.45, 7) is 1.79. The van der Waals surface area contributed by atoms with Gasteiger partial charge in [-0.15, -0.1) is 0 Å². The summed E-state index contributed by atoms with van der Waals surface area (Å²) in [7, 11) is 1.42. The summed E-state index contributed by atoms with van der Waals surface area (Å²) in [6.07, 6.45) is 2.32. The molecule has 0 amide bonds. The zero-order valence-electron chi connectivity index (χ0n) is 10.0. The normalized spacial score (nSPS) is 10.2. The van der Waals surface area contributed by atoms with Crippen molar-refractivity contribution >= 4 is 21.9 Å². The highest BCUT2D eigenvalue weighted by Gasteiger charge is 1.98. The van der Waals surface area contributed by atoms with Gasteiger partial charge in [0.1, 0.15) is 0 Å². The molecule has 0 aromatic heterocycles. The van der Waals surface area contributed by atoms with Crippen LogP contribution >= 0.6 is 15.9 Å². The second-order valence-electron chi connectivity index (χ2n) is 3.81. The average Bonchev–Trinajstić information content (AvgIpc) is 2.35. The van der Waals surface area contributed by atoms with Gasteiger partial charge in [0.05, 0.1) is 7.11 Å². The molecule has 0 aliphatic carbocycles. The molecular weight excluding hydrogens is 282 g/mol. The number of nitrogens with one attached hydrogen (secondary N) is 1. The molecule has 0 saturated carbocycles. The molecule has 94 valence electrons. The largest absolute Gasteiger partial charge is 0.469 e. The maximum absolute atomic E-state index is 10.8. The van der Waals surface area contributed by atoms with E-state index in [1.807, 2.05) is 12.1 Å². The monoisotopic (exact) mass is 299 g/mol. The Kier molecular flexibility index (Phi) is 6.89. The number of carbonyl (C=O) groups is 1. The maximum atomic E-state index is 10.8. The van der Waals surface area contributed by atoms with Gasteiger partial charge >= 0.3 is 5.97 Å². The molecule has 4 heteroatoms. The van der Waals surface area contributed by atoms with Crippen LogP contribution in [0.2, 0.25) is 0 Å².